The summed E-state index contributed by atoms with van der Waals surface area (Å²) in [5, 5.41) is 17.5. The van der Waals surface area contributed by atoms with Crippen molar-refractivity contribution in [1.29, 1.82) is 0 Å². The molecule has 4 rings (SSSR count). The van der Waals surface area contributed by atoms with Crippen LogP contribution < -0.4 is 5.32 Å². The topological polar surface area (TPSA) is 49.3 Å². The average Bonchev–Trinajstić information content (AvgIpc) is 2.64. The fourth-order valence-corrected chi connectivity index (χ4v) is 3.15. The Bertz CT molecular complexity index is 1100. The van der Waals surface area contributed by atoms with Crippen LogP contribution in [0.25, 0.3) is 21.5 Å². The van der Waals surface area contributed by atoms with Gasteiger partial charge in [-0.1, -0.05) is 42.5 Å². The van der Waals surface area contributed by atoms with E-state index in [9.17, 15) is 9.90 Å². The molecule has 4 aromatic carbocycles. The number of para-hydroxylation sites is 1. The van der Waals surface area contributed by atoms with Crippen LogP contribution in [0.15, 0.2) is 72.8 Å². The van der Waals surface area contributed by atoms with Crippen molar-refractivity contribution >= 4 is 33.1 Å². The van der Waals surface area contributed by atoms with Crippen molar-refractivity contribution in [1.82, 2.24) is 0 Å². The summed E-state index contributed by atoms with van der Waals surface area (Å²) in [6, 6.07) is 23.2. The minimum atomic E-state index is -0.318. The first kappa shape index (κ1) is 15.2. The predicted octanol–water partition coefficient (Wildman–Crippen LogP) is 5.26. The first-order valence-corrected chi connectivity index (χ1v) is 8.15. The van der Waals surface area contributed by atoms with Gasteiger partial charge in [-0.15, -0.1) is 0 Å². The second-order valence-corrected chi connectivity index (χ2v) is 6.14. The number of carbonyl (C=O) groups excluding carboxylic acids is 1. The van der Waals surface area contributed by atoms with Gasteiger partial charge in [-0.25, -0.2) is 0 Å². The minimum Gasteiger partial charge on any atom is -0.507 e. The molecule has 0 spiro atoms. The van der Waals surface area contributed by atoms with Crippen LogP contribution in [-0.4, -0.2) is 11.0 Å². The van der Waals surface area contributed by atoms with Gasteiger partial charge >= 0.3 is 0 Å². The van der Waals surface area contributed by atoms with E-state index in [-0.39, 0.29) is 17.2 Å². The van der Waals surface area contributed by atoms with E-state index in [4.69, 9.17) is 0 Å². The SMILES string of the molecule is Cc1c(O)c(C(=O)Nc2ccccc2)cc2cc3ccccc3cc12. The maximum atomic E-state index is 12.6. The van der Waals surface area contributed by atoms with E-state index in [0.29, 0.717) is 11.3 Å². The highest BCUT2D eigenvalue weighted by Crippen LogP contribution is 2.33. The molecular formula is C22H17NO2. The lowest BCUT2D eigenvalue weighted by Crippen LogP contribution is -2.12. The van der Waals surface area contributed by atoms with Crippen molar-refractivity contribution in [3.05, 3.63) is 83.9 Å². The molecule has 0 bridgehead atoms. The molecule has 25 heavy (non-hydrogen) atoms. The summed E-state index contributed by atoms with van der Waals surface area (Å²) in [5.74, 6) is -0.293. The van der Waals surface area contributed by atoms with E-state index in [1.165, 1.54) is 0 Å². The molecule has 122 valence electrons. The number of benzene rings is 4. The van der Waals surface area contributed by atoms with E-state index in [0.717, 1.165) is 21.5 Å². The predicted molar refractivity (Wildman–Crippen MR) is 102 cm³/mol. The van der Waals surface area contributed by atoms with Crippen LogP contribution in [-0.2, 0) is 0 Å². The molecule has 3 heteroatoms. The van der Waals surface area contributed by atoms with Gasteiger partial charge in [0.15, 0.2) is 0 Å². The van der Waals surface area contributed by atoms with Crippen LogP contribution in [0, 0.1) is 6.92 Å². The van der Waals surface area contributed by atoms with Crippen LogP contribution in [0.4, 0.5) is 5.69 Å². The maximum absolute atomic E-state index is 12.6. The third-order valence-corrected chi connectivity index (χ3v) is 4.51. The lowest BCUT2D eigenvalue weighted by atomic mass is 9.96. The number of rotatable bonds is 2. The zero-order chi connectivity index (χ0) is 17.4. The highest BCUT2D eigenvalue weighted by Gasteiger charge is 2.16. The summed E-state index contributed by atoms with van der Waals surface area (Å²) in [4.78, 5) is 12.6. The number of hydrogen-bond acceptors (Lipinski definition) is 2. The van der Waals surface area contributed by atoms with Crippen molar-refractivity contribution in [3.8, 4) is 5.75 Å². The Labute approximate surface area is 145 Å². The van der Waals surface area contributed by atoms with E-state index >= 15 is 0 Å². The van der Waals surface area contributed by atoms with Gasteiger partial charge in [-0.05, 0) is 64.4 Å². The van der Waals surface area contributed by atoms with E-state index < -0.39 is 0 Å². The molecule has 0 aliphatic carbocycles. The van der Waals surface area contributed by atoms with Crippen LogP contribution in [0.5, 0.6) is 5.75 Å². The van der Waals surface area contributed by atoms with Crippen molar-refractivity contribution in [2.75, 3.05) is 5.32 Å². The van der Waals surface area contributed by atoms with Crippen LogP contribution in [0.2, 0.25) is 0 Å². The summed E-state index contributed by atoms with van der Waals surface area (Å²) in [5.41, 5.74) is 1.69. The Morgan fingerprint density at radius 1 is 0.840 bits per heavy atom. The number of aryl methyl sites for hydroxylation is 1. The van der Waals surface area contributed by atoms with E-state index in [1.807, 2.05) is 61.5 Å². The molecule has 4 aromatic rings. The average molecular weight is 327 g/mol. The Morgan fingerprint density at radius 3 is 2.20 bits per heavy atom. The largest absolute Gasteiger partial charge is 0.507 e. The summed E-state index contributed by atoms with van der Waals surface area (Å²) in [7, 11) is 0. The molecule has 3 nitrogen and oxygen atoms in total. The zero-order valence-corrected chi connectivity index (χ0v) is 13.8. The van der Waals surface area contributed by atoms with Crippen LogP contribution in [0.1, 0.15) is 15.9 Å². The fourth-order valence-electron chi connectivity index (χ4n) is 3.15. The molecule has 0 radical (unpaired) electrons. The number of phenols is 1. The van der Waals surface area contributed by atoms with Gasteiger partial charge in [0.05, 0.1) is 5.56 Å². The number of fused-ring (bicyclic) bond motifs is 2. The molecule has 0 saturated heterocycles. The molecule has 0 unspecified atom stereocenters. The van der Waals surface area contributed by atoms with Gasteiger partial charge in [0.25, 0.3) is 5.91 Å². The van der Waals surface area contributed by atoms with Gasteiger partial charge in [-0.3, -0.25) is 4.79 Å². The third-order valence-electron chi connectivity index (χ3n) is 4.51. The van der Waals surface area contributed by atoms with Crippen molar-refractivity contribution in [2.45, 2.75) is 6.92 Å². The molecular weight excluding hydrogens is 310 g/mol. The highest BCUT2D eigenvalue weighted by molar-refractivity contribution is 6.11. The summed E-state index contributed by atoms with van der Waals surface area (Å²) in [6.07, 6.45) is 0. The number of phenolic OH excluding ortho intramolecular Hbond substituents is 1. The number of anilines is 1. The lowest BCUT2D eigenvalue weighted by Gasteiger charge is -2.12. The van der Waals surface area contributed by atoms with Crippen molar-refractivity contribution in [2.24, 2.45) is 0 Å². The minimum absolute atomic E-state index is 0.0243. The second-order valence-electron chi connectivity index (χ2n) is 6.14. The van der Waals surface area contributed by atoms with Crippen LogP contribution in [0.3, 0.4) is 0 Å². The maximum Gasteiger partial charge on any atom is 0.259 e. The van der Waals surface area contributed by atoms with Crippen molar-refractivity contribution < 1.29 is 9.90 Å². The van der Waals surface area contributed by atoms with Crippen molar-refractivity contribution in [3.63, 3.8) is 0 Å². The Hall–Kier alpha value is -3.33. The zero-order valence-electron chi connectivity index (χ0n) is 13.8. The molecule has 0 fully saturated rings. The van der Waals surface area contributed by atoms with Gasteiger partial charge in [0, 0.05) is 5.69 Å². The quantitative estimate of drug-likeness (QED) is 0.493. The Kier molecular flexibility index (Phi) is 3.62. The highest BCUT2D eigenvalue weighted by atomic mass is 16.3. The standard InChI is InChI=1S/C22H17NO2/c1-14-19-12-16-8-6-5-7-15(16)11-17(19)13-20(21(14)24)22(25)23-18-9-3-2-4-10-18/h2-13,24H,1H3,(H,23,25). The molecule has 0 aliphatic rings. The van der Waals surface area contributed by atoms with Gasteiger partial charge in [0.2, 0.25) is 0 Å². The fraction of sp³-hybridized carbons (Fsp3) is 0.0455. The Balaban J connectivity index is 1.85. The first-order valence-electron chi connectivity index (χ1n) is 8.15. The molecule has 1 amide bonds. The number of aromatic hydroxyl groups is 1. The third kappa shape index (κ3) is 2.70. The van der Waals surface area contributed by atoms with Crippen LogP contribution >= 0.6 is 0 Å². The lowest BCUT2D eigenvalue weighted by molar-refractivity contribution is 0.102. The van der Waals surface area contributed by atoms with E-state index in [1.54, 1.807) is 6.07 Å². The monoisotopic (exact) mass is 327 g/mol. The molecule has 2 N–H and O–H groups in total. The number of carbonyl (C=O) groups is 1. The van der Waals surface area contributed by atoms with Gasteiger partial charge in [0.1, 0.15) is 5.75 Å². The molecule has 0 aromatic heterocycles. The number of nitrogens with one attached hydrogen (secondary N) is 1. The number of amides is 1. The summed E-state index contributed by atoms with van der Waals surface area (Å²) < 4.78 is 0. The summed E-state index contributed by atoms with van der Waals surface area (Å²) in [6.45, 7) is 1.84. The van der Waals surface area contributed by atoms with Gasteiger partial charge < -0.3 is 10.4 Å². The van der Waals surface area contributed by atoms with Gasteiger partial charge in [-0.2, -0.15) is 0 Å². The molecule has 0 heterocycles. The normalized spacial score (nSPS) is 10.9. The first-order chi connectivity index (χ1) is 12.1. The smallest absolute Gasteiger partial charge is 0.259 e. The van der Waals surface area contributed by atoms with E-state index in [2.05, 4.69) is 17.4 Å². The molecule has 0 aliphatic heterocycles. The molecule has 0 saturated carbocycles. The second kappa shape index (κ2) is 5.95. The Morgan fingerprint density at radius 2 is 1.48 bits per heavy atom. The summed E-state index contributed by atoms with van der Waals surface area (Å²) >= 11 is 0. The number of hydrogen-bond donors (Lipinski definition) is 2. The molecule has 0 atom stereocenters.